The first-order chi connectivity index (χ1) is 9.15. The number of hydrogen-bond donors (Lipinski definition) is 1. The van der Waals surface area contributed by atoms with E-state index in [-0.39, 0.29) is 6.04 Å². The van der Waals surface area contributed by atoms with E-state index < -0.39 is 0 Å². The number of aryl methyl sites for hydroxylation is 2. The zero-order chi connectivity index (χ0) is 13.7. The maximum absolute atomic E-state index is 5.35. The molecule has 0 aromatic carbocycles. The number of nitrogens with zero attached hydrogens (tertiary/aromatic N) is 2. The molecule has 0 fully saturated rings. The van der Waals surface area contributed by atoms with Crippen LogP contribution in [0.1, 0.15) is 30.1 Å². The van der Waals surface area contributed by atoms with Gasteiger partial charge in [-0.25, -0.2) is 9.97 Å². The Hall–Kier alpha value is -1.33. The Morgan fingerprint density at radius 3 is 2.68 bits per heavy atom. The minimum atomic E-state index is 0.232. The molecule has 2 rings (SSSR count). The van der Waals surface area contributed by atoms with Crippen LogP contribution in [0.5, 0.6) is 0 Å². The molecule has 19 heavy (non-hydrogen) atoms. The fourth-order valence-corrected chi connectivity index (χ4v) is 2.63. The third-order valence-corrected chi connectivity index (χ3v) is 3.56. The van der Waals surface area contributed by atoms with Crippen LogP contribution in [0.3, 0.4) is 0 Å². The predicted molar refractivity (Wildman–Crippen MR) is 77.4 cm³/mol. The van der Waals surface area contributed by atoms with Crippen molar-refractivity contribution in [2.45, 2.75) is 32.0 Å². The topological polar surface area (TPSA) is 51.0 Å². The minimum absolute atomic E-state index is 0.232. The smallest absolute Gasteiger partial charge is 0.188 e. The molecular formula is C14H19N3OS. The van der Waals surface area contributed by atoms with Crippen LogP contribution in [0.25, 0.3) is 0 Å². The summed E-state index contributed by atoms with van der Waals surface area (Å²) in [4.78, 5) is 8.81. The van der Waals surface area contributed by atoms with Crippen molar-refractivity contribution in [1.82, 2.24) is 15.3 Å². The van der Waals surface area contributed by atoms with Crippen molar-refractivity contribution in [2.24, 2.45) is 0 Å². The van der Waals surface area contributed by atoms with E-state index in [2.05, 4.69) is 22.2 Å². The lowest BCUT2D eigenvalue weighted by Crippen LogP contribution is -2.21. The summed E-state index contributed by atoms with van der Waals surface area (Å²) in [5.74, 6) is 1.90. The van der Waals surface area contributed by atoms with Crippen LogP contribution in [0, 0.1) is 13.8 Å². The summed E-state index contributed by atoms with van der Waals surface area (Å²) in [6.07, 6.45) is 1.70. The van der Waals surface area contributed by atoms with E-state index in [9.17, 15) is 0 Å². The van der Waals surface area contributed by atoms with Gasteiger partial charge in [-0.3, -0.25) is 0 Å². The Kier molecular flexibility index (Phi) is 4.99. The van der Waals surface area contributed by atoms with Crippen molar-refractivity contribution in [3.63, 3.8) is 0 Å². The molecule has 0 aliphatic rings. The molecule has 102 valence electrons. The second kappa shape index (κ2) is 6.73. The summed E-state index contributed by atoms with van der Waals surface area (Å²) in [6, 6.07) is 6.11. The van der Waals surface area contributed by atoms with Gasteiger partial charge in [0.15, 0.2) is 5.16 Å². The van der Waals surface area contributed by atoms with E-state index in [1.54, 1.807) is 18.0 Å². The van der Waals surface area contributed by atoms with E-state index in [1.165, 1.54) is 0 Å². The zero-order valence-electron chi connectivity index (χ0n) is 11.5. The van der Waals surface area contributed by atoms with E-state index in [4.69, 9.17) is 4.42 Å². The second-order valence-electron chi connectivity index (χ2n) is 4.47. The maximum atomic E-state index is 5.35. The molecule has 1 unspecified atom stereocenters. The van der Waals surface area contributed by atoms with Gasteiger partial charge in [0.05, 0.1) is 12.3 Å². The first kappa shape index (κ1) is 14.1. The Morgan fingerprint density at radius 1 is 1.32 bits per heavy atom. The number of aromatic nitrogens is 2. The van der Waals surface area contributed by atoms with Crippen molar-refractivity contribution < 1.29 is 4.42 Å². The summed E-state index contributed by atoms with van der Waals surface area (Å²) in [5.41, 5.74) is 2.04. The molecule has 5 heteroatoms. The van der Waals surface area contributed by atoms with Gasteiger partial charge in [-0.2, -0.15) is 0 Å². The van der Waals surface area contributed by atoms with E-state index in [1.807, 2.05) is 32.0 Å². The van der Waals surface area contributed by atoms with Crippen LogP contribution in [0.15, 0.2) is 34.0 Å². The molecule has 2 aromatic heterocycles. The molecule has 0 spiro atoms. The molecule has 2 aromatic rings. The first-order valence-electron chi connectivity index (χ1n) is 6.37. The second-order valence-corrected chi connectivity index (χ2v) is 5.54. The highest BCUT2D eigenvalue weighted by Gasteiger charge is 2.07. The van der Waals surface area contributed by atoms with Gasteiger partial charge in [0.1, 0.15) is 5.76 Å². The Balaban J connectivity index is 1.75. The molecular weight excluding hydrogens is 258 g/mol. The molecule has 0 saturated carbocycles. The van der Waals surface area contributed by atoms with E-state index in [0.29, 0.717) is 0 Å². The lowest BCUT2D eigenvalue weighted by Gasteiger charge is -2.10. The highest BCUT2D eigenvalue weighted by Crippen LogP contribution is 2.15. The molecule has 0 bridgehead atoms. The normalized spacial score (nSPS) is 12.6. The quantitative estimate of drug-likeness (QED) is 0.499. The summed E-state index contributed by atoms with van der Waals surface area (Å²) in [7, 11) is 0. The fourth-order valence-electron chi connectivity index (χ4n) is 1.81. The van der Waals surface area contributed by atoms with Crippen molar-refractivity contribution >= 4 is 11.8 Å². The van der Waals surface area contributed by atoms with Gasteiger partial charge in [-0.05, 0) is 39.0 Å². The van der Waals surface area contributed by atoms with Gasteiger partial charge in [0, 0.05) is 23.7 Å². The highest BCUT2D eigenvalue weighted by atomic mass is 32.2. The summed E-state index contributed by atoms with van der Waals surface area (Å²) in [5, 5.41) is 4.27. The highest BCUT2D eigenvalue weighted by molar-refractivity contribution is 7.99. The van der Waals surface area contributed by atoms with Gasteiger partial charge in [0.2, 0.25) is 0 Å². The maximum Gasteiger partial charge on any atom is 0.188 e. The molecule has 2 heterocycles. The van der Waals surface area contributed by atoms with Crippen LogP contribution >= 0.6 is 11.8 Å². The van der Waals surface area contributed by atoms with Crippen LogP contribution in [0.2, 0.25) is 0 Å². The van der Waals surface area contributed by atoms with Crippen LogP contribution in [-0.2, 0) is 0 Å². The zero-order valence-corrected chi connectivity index (χ0v) is 12.3. The standard InChI is InChI=1S/C14H19N3OS/c1-10-9-11(2)17-14(16-10)19-8-6-15-12(3)13-5-4-7-18-13/h4-5,7,9,12,15H,6,8H2,1-3H3. The monoisotopic (exact) mass is 277 g/mol. The molecule has 1 N–H and O–H groups in total. The van der Waals surface area contributed by atoms with Crippen LogP contribution in [0.4, 0.5) is 0 Å². The Morgan fingerprint density at radius 2 is 2.05 bits per heavy atom. The Labute approximate surface area is 118 Å². The van der Waals surface area contributed by atoms with Gasteiger partial charge in [0.25, 0.3) is 0 Å². The van der Waals surface area contributed by atoms with Gasteiger partial charge in [-0.15, -0.1) is 0 Å². The van der Waals surface area contributed by atoms with Gasteiger partial charge in [-0.1, -0.05) is 11.8 Å². The lowest BCUT2D eigenvalue weighted by atomic mass is 10.2. The molecule has 1 atom stereocenters. The number of furan rings is 1. The minimum Gasteiger partial charge on any atom is -0.468 e. The number of nitrogens with one attached hydrogen (secondary N) is 1. The average molecular weight is 277 g/mol. The van der Waals surface area contributed by atoms with Crippen molar-refractivity contribution in [1.29, 1.82) is 0 Å². The molecule has 0 aliphatic heterocycles. The van der Waals surface area contributed by atoms with Gasteiger partial charge >= 0.3 is 0 Å². The number of hydrogen-bond acceptors (Lipinski definition) is 5. The third-order valence-electron chi connectivity index (χ3n) is 2.72. The lowest BCUT2D eigenvalue weighted by molar-refractivity contribution is 0.438. The van der Waals surface area contributed by atoms with E-state index in [0.717, 1.165) is 34.6 Å². The number of thioether (sulfide) groups is 1. The van der Waals surface area contributed by atoms with Crippen LogP contribution < -0.4 is 5.32 Å². The SMILES string of the molecule is Cc1cc(C)nc(SCCNC(C)c2ccco2)n1. The third kappa shape index (κ3) is 4.36. The van der Waals surface area contributed by atoms with Crippen molar-refractivity contribution in [3.8, 4) is 0 Å². The molecule has 0 radical (unpaired) electrons. The Bertz CT molecular complexity index is 493. The van der Waals surface area contributed by atoms with Crippen LogP contribution in [-0.4, -0.2) is 22.3 Å². The van der Waals surface area contributed by atoms with Gasteiger partial charge < -0.3 is 9.73 Å². The largest absolute Gasteiger partial charge is 0.468 e. The van der Waals surface area contributed by atoms with E-state index >= 15 is 0 Å². The van der Waals surface area contributed by atoms with Crippen molar-refractivity contribution in [3.05, 3.63) is 41.6 Å². The number of rotatable bonds is 6. The summed E-state index contributed by atoms with van der Waals surface area (Å²) in [6.45, 7) is 6.98. The summed E-state index contributed by atoms with van der Waals surface area (Å²) < 4.78 is 5.35. The molecule has 0 amide bonds. The predicted octanol–water partition coefficient (Wildman–Crippen LogP) is 3.13. The molecule has 0 saturated heterocycles. The van der Waals surface area contributed by atoms with Crippen molar-refractivity contribution in [2.75, 3.05) is 12.3 Å². The fraction of sp³-hybridized carbons (Fsp3) is 0.429. The first-order valence-corrected chi connectivity index (χ1v) is 7.35. The molecule has 4 nitrogen and oxygen atoms in total. The average Bonchev–Trinajstić information content (AvgIpc) is 2.87. The summed E-state index contributed by atoms with van der Waals surface area (Å²) >= 11 is 1.67. The molecule has 0 aliphatic carbocycles.